The number of fused-ring (bicyclic) bond motifs is 1. The molecular weight excluding hydrogens is 478 g/mol. The second-order valence-corrected chi connectivity index (χ2v) is 10.1. The summed E-state index contributed by atoms with van der Waals surface area (Å²) < 4.78 is 5.49. The molecule has 4 N–H and O–H groups in total. The van der Waals surface area contributed by atoms with Gasteiger partial charge in [0.25, 0.3) is 5.91 Å². The van der Waals surface area contributed by atoms with Crippen LogP contribution in [-0.2, 0) is 11.3 Å². The van der Waals surface area contributed by atoms with Gasteiger partial charge < -0.3 is 25.7 Å². The lowest BCUT2D eigenvalue weighted by Gasteiger charge is -2.30. The van der Waals surface area contributed by atoms with Gasteiger partial charge in [-0.3, -0.25) is 9.69 Å². The summed E-state index contributed by atoms with van der Waals surface area (Å²) >= 11 is 0. The molecule has 0 radical (unpaired) electrons. The minimum absolute atomic E-state index is 0.119. The van der Waals surface area contributed by atoms with Crippen molar-refractivity contribution in [2.45, 2.75) is 25.4 Å². The van der Waals surface area contributed by atoms with Crippen LogP contribution in [0, 0.1) is 0 Å². The molecule has 9 heteroatoms. The van der Waals surface area contributed by atoms with Gasteiger partial charge >= 0.3 is 0 Å². The lowest BCUT2D eigenvalue weighted by atomic mass is 10.0. The SMILES string of the molecule is N[C@@H]1CCCN(Cc2cccc(C(=O)Nc3ccc(-c4cc5c(N6CCOCC6)ncnc5[nH]4)cc3)c2)C1. The van der Waals surface area contributed by atoms with Gasteiger partial charge in [-0.1, -0.05) is 24.3 Å². The Morgan fingerprint density at radius 1 is 1.08 bits per heavy atom. The second kappa shape index (κ2) is 10.9. The number of piperidine rings is 1. The molecule has 0 unspecified atom stereocenters. The number of morpholine rings is 1. The highest BCUT2D eigenvalue weighted by molar-refractivity contribution is 6.04. The Kier molecular flexibility index (Phi) is 7.04. The zero-order valence-electron chi connectivity index (χ0n) is 21.4. The average molecular weight is 512 g/mol. The summed E-state index contributed by atoms with van der Waals surface area (Å²) in [5.41, 5.74) is 11.4. The van der Waals surface area contributed by atoms with Gasteiger partial charge in [-0.05, 0) is 60.8 Å². The number of carbonyl (C=O) groups excluding carboxylic acids is 1. The van der Waals surface area contributed by atoms with Crippen LogP contribution in [0.1, 0.15) is 28.8 Å². The number of carbonyl (C=O) groups is 1. The highest BCUT2D eigenvalue weighted by Crippen LogP contribution is 2.29. The summed E-state index contributed by atoms with van der Waals surface area (Å²) in [6.45, 7) is 5.80. The number of hydrogen-bond donors (Lipinski definition) is 3. The molecule has 1 atom stereocenters. The van der Waals surface area contributed by atoms with E-state index in [9.17, 15) is 4.79 Å². The van der Waals surface area contributed by atoms with Crippen molar-refractivity contribution < 1.29 is 9.53 Å². The Bertz CT molecular complexity index is 1410. The molecule has 4 aromatic rings. The Balaban J connectivity index is 1.14. The first kappa shape index (κ1) is 24.5. The molecule has 0 aliphatic carbocycles. The van der Waals surface area contributed by atoms with Crippen molar-refractivity contribution in [1.29, 1.82) is 0 Å². The van der Waals surface area contributed by atoms with Crippen LogP contribution in [0.15, 0.2) is 60.9 Å². The van der Waals surface area contributed by atoms with Crippen molar-refractivity contribution in [2.75, 3.05) is 49.6 Å². The van der Waals surface area contributed by atoms with Crippen LogP contribution in [0.2, 0.25) is 0 Å². The van der Waals surface area contributed by atoms with Crippen molar-refractivity contribution in [3.8, 4) is 11.3 Å². The monoisotopic (exact) mass is 511 g/mol. The number of aromatic nitrogens is 3. The summed E-state index contributed by atoms with van der Waals surface area (Å²) in [7, 11) is 0. The van der Waals surface area contributed by atoms with Crippen molar-refractivity contribution in [1.82, 2.24) is 19.9 Å². The summed E-state index contributed by atoms with van der Waals surface area (Å²) in [4.78, 5) is 30.0. The summed E-state index contributed by atoms with van der Waals surface area (Å²) in [6, 6.07) is 18.0. The third kappa shape index (κ3) is 5.40. The number of likely N-dealkylation sites (tertiary alicyclic amines) is 1. The third-order valence-electron chi connectivity index (χ3n) is 7.31. The maximum absolute atomic E-state index is 13.0. The topological polar surface area (TPSA) is 112 Å². The molecule has 2 aliphatic heterocycles. The fraction of sp³-hybridized carbons (Fsp3) is 0.345. The first-order valence-electron chi connectivity index (χ1n) is 13.3. The van der Waals surface area contributed by atoms with Gasteiger partial charge in [0.1, 0.15) is 17.8 Å². The highest BCUT2D eigenvalue weighted by Gasteiger charge is 2.19. The Labute approximate surface area is 222 Å². The van der Waals surface area contributed by atoms with Crippen molar-refractivity contribution in [3.05, 3.63) is 72.1 Å². The molecule has 0 saturated carbocycles. The predicted octanol–water partition coefficient (Wildman–Crippen LogP) is 3.64. The number of ether oxygens (including phenoxy) is 1. The molecule has 9 nitrogen and oxygen atoms in total. The molecule has 196 valence electrons. The van der Waals surface area contributed by atoms with E-state index in [1.807, 2.05) is 42.5 Å². The molecule has 2 saturated heterocycles. The van der Waals surface area contributed by atoms with Gasteiger partial charge in [0.2, 0.25) is 0 Å². The van der Waals surface area contributed by atoms with Gasteiger partial charge in [0.05, 0.1) is 18.6 Å². The normalized spacial score (nSPS) is 18.6. The Morgan fingerprint density at radius 2 is 1.92 bits per heavy atom. The zero-order valence-corrected chi connectivity index (χ0v) is 21.4. The second-order valence-electron chi connectivity index (χ2n) is 10.1. The number of benzene rings is 2. The maximum Gasteiger partial charge on any atom is 0.255 e. The summed E-state index contributed by atoms with van der Waals surface area (Å²) in [5, 5.41) is 4.02. The van der Waals surface area contributed by atoms with Crippen molar-refractivity contribution >= 4 is 28.4 Å². The highest BCUT2D eigenvalue weighted by atomic mass is 16.5. The lowest BCUT2D eigenvalue weighted by Crippen LogP contribution is -2.42. The van der Waals surface area contributed by atoms with E-state index >= 15 is 0 Å². The number of nitrogens with two attached hydrogens (primary N) is 1. The van der Waals surface area contributed by atoms with Gasteiger partial charge in [0, 0.05) is 49.2 Å². The molecule has 0 spiro atoms. The molecule has 1 amide bonds. The molecule has 2 aliphatic rings. The van der Waals surface area contributed by atoms with E-state index in [1.54, 1.807) is 6.33 Å². The molecule has 2 aromatic carbocycles. The van der Waals surface area contributed by atoms with Gasteiger partial charge in [0.15, 0.2) is 0 Å². The number of H-pyrrole nitrogens is 1. The minimum atomic E-state index is -0.119. The number of anilines is 2. The van der Waals surface area contributed by atoms with Crippen LogP contribution in [0.4, 0.5) is 11.5 Å². The van der Waals surface area contributed by atoms with E-state index in [-0.39, 0.29) is 11.9 Å². The van der Waals surface area contributed by atoms with Crippen LogP contribution < -0.4 is 16.0 Å². The van der Waals surface area contributed by atoms with Crippen molar-refractivity contribution in [3.63, 3.8) is 0 Å². The van der Waals surface area contributed by atoms with Crippen LogP contribution in [-0.4, -0.2) is 71.2 Å². The van der Waals surface area contributed by atoms with Crippen LogP contribution in [0.25, 0.3) is 22.3 Å². The number of nitrogens with one attached hydrogen (secondary N) is 2. The summed E-state index contributed by atoms with van der Waals surface area (Å²) in [5.74, 6) is 0.807. The van der Waals surface area contributed by atoms with Crippen LogP contribution in [0.3, 0.4) is 0 Å². The molecule has 6 rings (SSSR count). The first-order valence-corrected chi connectivity index (χ1v) is 13.3. The fourth-order valence-electron chi connectivity index (χ4n) is 5.35. The largest absolute Gasteiger partial charge is 0.378 e. The molecule has 38 heavy (non-hydrogen) atoms. The van der Waals surface area contributed by atoms with E-state index in [2.05, 4.69) is 42.2 Å². The molecule has 2 fully saturated rings. The number of nitrogens with zero attached hydrogens (tertiary/aromatic N) is 4. The molecule has 0 bridgehead atoms. The van der Waals surface area contributed by atoms with Crippen LogP contribution >= 0.6 is 0 Å². The smallest absolute Gasteiger partial charge is 0.255 e. The number of amides is 1. The Hall–Kier alpha value is -3.79. The average Bonchev–Trinajstić information content (AvgIpc) is 3.39. The summed E-state index contributed by atoms with van der Waals surface area (Å²) in [6.07, 6.45) is 3.81. The minimum Gasteiger partial charge on any atom is -0.378 e. The quantitative estimate of drug-likeness (QED) is 0.362. The number of hydrogen-bond acceptors (Lipinski definition) is 7. The van der Waals surface area contributed by atoms with E-state index in [1.165, 1.54) is 0 Å². The van der Waals surface area contributed by atoms with Gasteiger partial charge in [-0.2, -0.15) is 0 Å². The zero-order chi connectivity index (χ0) is 25.9. The van der Waals surface area contributed by atoms with Crippen molar-refractivity contribution in [2.24, 2.45) is 5.73 Å². The first-order chi connectivity index (χ1) is 18.6. The van der Waals surface area contributed by atoms with E-state index < -0.39 is 0 Å². The van der Waals surface area contributed by atoms with E-state index in [0.717, 1.165) is 84.9 Å². The predicted molar refractivity (Wildman–Crippen MR) is 149 cm³/mol. The van der Waals surface area contributed by atoms with Gasteiger partial charge in [-0.15, -0.1) is 0 Å². The Morgan fingerprint density at radius 3 is 2.74 bits per heavy atom. The molecule has 2 aromatic heterocycles. The molecule has 4 heterocycles. The lowest BCUT2D eigenvalue weighted by molar-refractivity contribution is 0.102. The van der Waals surface area contributed by atoms with Gasteiger partial charge in [-0.25, -0.2) is 9.97 Å². The molecular formula is C29H33N7O2. The van der Waals surface area contributed by atoms with E-state index in [4.69, 9.17) is 10.5 Å². The fourth-order valence-corrected chi connectivity index (χ4v) is 5.35. The number of aromatic amines is 1. The number of rotatable bonds is 6. The standard InChI is InChI=1S/C29H33N7O2/c30-23-5-2-10-35(18-23)17-20-3-1-4-22(15-20)29(37)33-24-8-6-21(7-9-24)26-16-25-27(34-26)31-19-32-28(25)36-11-13-38-14-12-36/h1,3-4,6-9,15-16,19,23H,2,5,10-14,17-18,30H2,(H,33,37)(H,31,32,34)/t23-/m1/s1. The van der Waals surface area contributed by atoms with E-state index in [0.29, 0.717) is 18.8 Å². The third-order valence-corrected chi connectivity index (χ3v) is 7.31. The van der Waals surface area contributed by atoms with Crippen LogP contribution in [0.5, 0.6) is 0 Å². The maximum atomic E-state index is 13.0.